The Kier molecular flexibility index (Phi) is 1.80. The highest BCUT2D eigenvalue weighted by atomic mass is 19.1. The summed E-state index contributed by atoms with van der Waals surface area (Å²) in [6.45, 7) is 0. The van der Waals surface area contributed by atoms with E-state index in [1.54, 1.807) is 0 Å². The van der Waals surface area contributed by atoms with Crippen LogP contribution in [0, 0.1) is 11.8 Å². The number of halogens is 2. The molecular formula is C6H3F2NO2. The molecule has 0 aromatic carbocycles. The Labute approximate surface area is 60.3 Å². The maximum absolute atomic E-state index is 12.4. The average molecular weight is 159 g/mol. The largest absolute Gasteiger partial charge is 0.476 e. The van der Waals surface area contributed by atoms with Crippen molar-refractivity contribution in [2.45, 2.75) is 0 Å². The summed E-state index contributed by atoms with van der Waals surface area (Å²) < 4.78 is 24.6. The summed E-state index contributed by atoms with van der Waals surface area (Å²) in [6.07, 6.45) is 0. The highest BCUT2D eigenvalue weighted by Crippen LogP contribution is 2.04. The Morgan fingerprint density at radius 2 is 2.09 bits per heavy atom. The molecule has 0 aliphatic heterocycles. The zero-order valence-electron chi connectivity index (χ0n) is 5.21. The lowest BCUT2D eigenvalue weighted by Gasteiger charge is -1.94. The van der Waals surface area contributed by atoms with Crippen LogP contribution in [-0.2, 0) is 0 Å². The third-order valence-corrected chi connectivity index (χ3v) is 1.01. The van der Waals surface area contributed by atoms with Crippen molar-refractivity contribution >= 4 is 5.97 Å². The molecule has 1 aromatic heterocycles. The molecule has 0 amide bonds. The molecule has 3 nitrogen and oxygen atoms in total. The fourth-order valence-electron chi connectivity index (χ4n) is 0.568. The smallest absolute Gasteiger partial charge is 0.357 e. The Morgan fingerprint density at radius 3 is 2.55 bits per heavy atom. The first-order valence-corrected chi connectivity index (χ1v) is 2.66. The minimum Gasteiger partial charge on any atom is -0.476 e. The molecule has 0 unspecified atom stereocenters. The number of hydrogen-bond acceptors (Lipinski definition) is 2. The van der Waals surface area contributed by atoms with Crippen molar-refractivity contribution in [1.82, 2.24) is 4.98 Å². The highest BCUT2D eigenvalue weighted by molar-refractivity contribution is 5.85. The van der Waals surface area contributed by atoms with Gasteiger partial charge >= 0.3 is 5.97 Å². The summed E-state index contributed by atoms with van der Waals surface area (Å²) in [5, 5.41) is 8.22. The van der Waals surface area contributed by atoms with E-state index in [2.05, 4.69) is 4.98 Å². The first kappa shape index (κ1) is 7.59. The second-order valence-corrected chi connectivity index (χ2v) is 1.77. The molecule has 11 heavy (non-hydrogen) atoms. The van der Waals surface area contributed by atoms with Gasteiger partial charge in [-0.15, -0.1) is 0 Å². The fourth-order valence-corrected chi connectivity index (χ4v) is 0.568. The van der Waals surface area contributed by atoms with Crippen LogP contribution in [0.1, 0.15) is 10.5 Å². The summed E-state index contributed by atoms with van der Waals surface area (Å²) in [5.41, 5.74) is -0.898. The Morgan fingerprint density at radius 1 is 1.45 bits per heavy atom. The third-order valence-electron chi connectivity index (χ3n) is 1.01. The maximum atomic E-state index is 12.4. The lowest BCUT2D eigenvalue weighted by Crippen LogP contribution is -2.05. The Balaban J connectivity index is 3.23. The summed E-state index contributed by atoms with van der Waals surface area (Å²) in [4.78, 5) is 12.9. The number of nitrogens with zero attached hydrogens (tertiary/aromatic N) is 1. The number of carboxylic acid groups (broad SMARTS) is 1. The molecule has 0 fully saturated rings. The van der Waals surface area contributed by atoms with Crippen molar-refractivity contribution in [3.05, 3.63) is 29.6 Å². The normalized spacial score (nSPS) is 9.64. The van der Waals surface area contributed by atoms with Gasteiger partial charge in [0.2, 0.25) is 5.95 Å². The topological polar surface area (TPSA) is 50.2 Å². The molecule has 0 atom stereocenters. The van der Waals surface area contributed by atoms with E-state index in [0.717, 1.165) is 6.07 Å². The van der Waals surface area contributed by atoms with E-state index in [-0.39, 0.29) is 0 Å². The van der Waals surface area contributed by atoms with Gasteiger partial charge in [-0.1, -0.05) is 0 Å². The van der Waals surface area contributed by atoms with Crippen LogP contribution in [0.4, 0.5) is 8.78 Å². The van der Waals surface area contributed by atoms with Crippen LogP contribution in [0.3, 0.4) is 0 Å². The van der Waals surface area contributed by atoms with Gasteiger partial charge in [0.25, 0.3) is 0 Å². The van der Waals surface area contributed by atoms with Gasteiger partial charge in [-0.3, -0.25) is 0 Å². The summed E-state index contributed by atoms with van der Waals surface area (Å²) in [5.74, 6) is -3.63. The molecule has 5 heteroatoms. The number of carbonyl (C=O) groups is 1. The quantitative estimate of drug-likeness (QED) is 0.623. The van der Waals surface area contributed by atoms with Crippen LogP contribution >= 0.6 is 0 Å². The van der Waals surface area contributed by atoms with Gasteiger partial charge in [-0.25, -0.2) is 14.2 Å². The van der Waals surface area contributed by atoms with Crippen molar-refractivity contribution in [2.24, 2.45) is 0 Å². The van der Waals surface area contributed by atoms with E-state index in [1.807, 2.05) is 0 Å². The van der Waals surface area contributed by atoms with E-state index in [9.17, 15) is 13.6 Å². The molecule has 1 rings (SSSR count). The fraction of sp³-hybridized carbons (Fsp3) is 0. The van der Waals surface area contributed by atoms with Crippen LogP contribution in [0.25, 0.3) is 0 Å². The molecule has 0 saturated carbocycles. The van der Waals surface area contributed by atoms with Gasteiger partial charge in [-0.2, -0.15) is 4.39 Å². The second-order valence-electron chi connectivity index (χ2n) is 1.77. The molecular weight excluding hydrogens is 156 g/mol. The number of pyridine rings is 1. The van der Waals surface area contributed by atoms with Crippen molar-refractivity contribution in [1.29, 1.82) is 0 Å². The van der Waals surface area contributed by atoms with Crippen LogP contribution < -0.4 is 0 Å². The van der Waals surface area contributed by atoms with Crippen molar-refractivity contribution < 1.29 is 18.7 Å². The van der Waals surface area contributed by atoms with Gasteiger partial charge in [0.1, 0.15) is 0 Å². The summed E-state index contributed by atoms with van der Waals surface area (Å²) in [6, 6.07) is 1.47. The van der Waals surface area contributed by atoms with Crippen molar-refractivity contribution in [2.75, 3.05) is 0 Å². The number of carboxylic acids is 1. The van der Waals surface area contributed by atoms with Crippen LogP contribution in [0.15, 0.2) is 12.1 Å². The number of hydrogen-bond donors (Lipinski definition) is 1. The van der Waals surface area contributed by atoms with E-state index < -0.39 is 23.4 Å². The Bertz CT molecular complexity index is 301. The molecule has 1 heterocycles. The predicted molar refractivity (Wildman–Crippen MR) is 31.1 cm³/mol. The van der Waals surface area contributed by atoms with Crippen LogP contribution in [0.5, 0.6) is 0 Å². The van der Waals surface area contributed by atoms with Crippen molar-refractivity contribution in [3.63, 3.8) is 0 Å². The number of rotatable bonds is 1. The molecule has 1 N–H and O–H groups in total. The lowest BCUT2D eigenvalue weighted by atomic mass is 10.3. The molecule has 0 saturated heterocycles. The first-order chi connectivity index (χ1) is 5.11. The Hall–Kier alpha value is -1.52. The molecule has 0 bridgehead atoms. The maximum Gasteiger partial charge on any atom is 0.357 e. The van der Waals surface area contributed by atoms with Gasteiger partial charge in [-0.05, 0) is 12.1 Å². The van der Waals surface area contributed by atoms with Crippen molar-refractivity contribution in [3.8, 4) is 0 Å². The lowest BCUT2D eigenvalue weighted by molar-refractivity contribution is 0.0683. The standard InChI is InChI=1S/C6H3F2NO2/c7-3-1-2-4(8)9-5(3)6(10)11/h1-2H,(H,10,11). The van der Waals surface area contributed by atoms with Crippen LogP contribution in [0.2, 0.25) is 0 Å². The second kappa shape index (κ2) is 2.61. The highest BCUT2D eigenvalue weighted by Gasteiger charge is 2.12. The summed E-state index contributed by atoms with van der Waals surface area (Å²) >= 11 is 0. The summed E-state index contributed by atoms with van der Waals surface area (Å²) in [7, 11) is 0. The molecule has 0 aliphatic carbocycles. The first-order valence-electron chi connectivity index (χ1n) is 2.66. The molecule has 0 spiro atoms. The van der Waals surface area contributed by atoms with Gasteiger partial charge in [0.05, 0.1) is 0 Å². The third kappa shape index (κ3) is 1.49. The van der Waals surface area contributed by atoms with Crippen LogP contribution in [-0.4, -0.2) is 16.1 Å². The minimum atomic E-state index is -1.58. The molecule has 58 valence electrons. The minimum absolute atomic E-state index is 0.714. The molecule has 0 aliphatic rings. The van der Waals surface area contributed by atoms with E-state index in [1.165, 1.54) is 0 Å². The van der Waals surface area contributed by atoms with E-state index in [0.29, 0.717) is 6.07 Å². The number of aromatic nitrogens is 1. The monoisotopic (exact) mass is 159 g/mol. The average Bonchev–Trinajstić information content (AvgIpc) is 1.94. The SMILES string of the molecule is O=C(O)c1nc(F)ccc1F. The van der Waals surface area contributed by atoms with E-state index >= 15 is 0 Å². The van der Waals surface area contributed by atoms with Gasteiger partial charge in [0, 0.05) is 0 Å². The zero-order chi connectivity index (χ0) is 8.43. The van der Waals surface area contributed by atoms with E-state index in [4.69, 9.17) is 5.11 Å². The number of aromatic carboxylic acids is 1. The predicted octanol–water partition coefficient (Wildman–Crippen LogP) is 1.06. The zero-order valence-corrected chi connectivity index (χ0v) is 5.21. The van der Waals surface area contributed by atoms with Gasteiger partial charge < -0.3 is 5.11 Å². The van der Waals surface area contributed by atoms with Gasteiger partial charge in [0.15, 0.2) is 11.5 Å². The molecule has 0 radical (unpaired) electrons. The molecule has 1 aromatic rings.